The smallest absolute Gasteiger partial charge is 0.269 e. The molecule has 0 amide bonds. The summed E-state index contributed by atoms with van der Waals surface area (Å²) < 4.78 is 1.35. The summed E-state index contributed by atoms with van der Waals surface area (Å²) in [5.74, 6) is 0.432. The number of aliphatic hydroxyl groups excluding tert-OH is 1. The maximum Gasteiger partial charge on any atom is 0.269 e. The number of benzene rings is 2. The minimum atomic E-state index is -1.13. The lowest BCUT2D eigenvalue weighted by atomic mass is 10.1. The molecule has 0 fully saturated rings. The maximum atomic E-state index is 10.9. The average Bonchev–Trinajstić information content (AvgIpc) is 2.99. The lowest BCUT2D eigenvalue weighted by Gasteiger charge is -2.21. The number of non-ortho nitro benzene ring substituents is 1. The van der Waals surface area contributed by atoms with Crippen LogP contribution in [0.2, 0.25) is 5.02 Å². The van der Waals surface area contributed by atoms with E-state index < -0.39 is 11.2 Å². The molecule has 24 heavy (non-hydrogen) atoms. The van der Waals surface area contributed by atoms with Gasteiger partial charge in [0.15, 0.2) is 17.2 Å². The molecular weight excluding hydrogens is 352 g/mol. The molecule has 1 aliphatic heterocycles. The lowest BCUT2D eigenvalue weighted by Crippen LogP contribution is -2.17. The highest BCUT2D eigenvalue weighted by Gasteiger charge is 2.29. The molecule has 2 aromatic carbocycles. The van der Waals surface area contributed by atoms with Crippen LogP contribution in [-0.4, -0.2) is 24.8 Å². The van der Waals surface area contributed by atoms with Gasteiger partial charge in [-0.1, -0.05) is 23.7 Å². The van der Waals surface area contributed by atoms with Crippen molar-refractivity contribution in [1.29, 1.82) is 0 Å². The molecule has 1 N–H and O–H groups in total. The Morgan fingerprint density at radius 2 is 2.12 bits per heavy atom. The predicted octanol–water partition coefficient (Wildman–Crippen LogP) is 3.51. The molecule has 1 aliphatic rings. The molecule has 4 rings (SSSR count). The summed E-state index contributed by atoms with van der Waals surface area (Å²) in [4.78, 5) is 15.6. The van der Waals surface area contributed by atoms with E-state index in [4.69, 9.17) is 11.6 Å². The van der Waals surface area contributed by atoms with E-state index in [-0.39, 0.29) is 5.69 Å². The lowest BCUT2D eigenvalue weighted by molar-refractivity contribution is -0.385. The van der Waals surface area contributed by atoms with E-state index in [1.165, 1.54) is 28.6 Å². The van der Waals surface area contributed by atoms with Gasteiger partial charge in [-0.3, -0.25) is 10.1 Å². The third kappa shape index (κ3) is 2.44. The Hall–Kier alpha value is -2.42. The van der Waals surface area contributed by atoms with Gasteiger partial charge in [-0.05, 0) is 30.0 Å². The number of halogens is 1. The normalized spacial score (nSPS) is 15.7. The number of aliphatic hydroxyl groups is 1. The maximum absolute atomic E-state index is 10.9. The Kier molecular flexibility index (Phi) is 3.52. The van der Waals surface area contributed by atoms with Gasteiger partial charge in [0.05, 0.1) is 4.92 Å². The van der Waals surface area contributed by atoms with Gasteiger partial charge in [0.25, 0.3) is 5.69 Å². The van der Waals surface area contributed by atoms with Crippen molar-refractivity contribution in [1.82, 2.24) is 14.8 Å². The summed E-state index contributed by atoms with van der Waals surface area (Å²) in [6.07, 6.45) is -1.13. The van der Waals surface area contributed by atoms with Crippen LogP contribution in [0.25, 0.3) is 11.4 Å². The van der Waals surface area contributed by atoms with Crippen LogP contribution in [0.1, 0.15) is 11.8 Å². The molecule has 3 aromatic rings. The molecule has 7 nitrogen and oxygen atoms in total. The largest absolute Gasteiger partial charge is 0.368 e. The highest BCUT2D eigenvalue weighted by Crippen LogP contribution is 2.41. The SMILES string of the molecule is O=[N+]([O-])c1ccc2c(c1)[C@@H](O)n1nc(-c3cccc(Cl)c3)nc1S2. The van der Waals surface area contributed by atoms with Crippen molar-refractivity contribution in [2.45, 2.75) is 16.3 Å². The predicted molar refractivity (Wildman–Crippen MR) is 88.0 cm³/mol. The first-order valence-corrected chi connectivity index (χ1v) is 8.09. The van der Waals surface area contributed by atoms with E-state index in [1.54, 1.807) is 24.3 Å². The van der Waals surface area contributed by atoms with Crippen molar-refractivity contribution in [2.75, 3.05) is 0 Å². The summed E-state index contributed by atoms with van der Waals surface area (Å²) in [6, 6.07) is 11.5. The Morgan fingerprint density at radius 1 is 1.29 bits per heavy atom. The molecular formula is C15H9ClN4O3S. The Labute approximate surface area is 145 Å². The first kappa shape index (κ1) is 15.1. The monoisotopic (exact) mass is 360 g/mol. The fraction of sp³-hybridized carbons (Fsp3) is 0.0667. The van der Waals surface area contributed by atoms with E-state index in [9.17, 15) is 15.2 Å². The summed E-state index contributed by atoms with van der Waals surface area (Å²) in [6.45, 7) is 0. The van der Waals surface area contributed by atoms with Crippen LogP contribution in [0.3, 0.4) is 0 Å². The number of nitrogens with zero attached hydrogens (tertiary/aromatic N) is 4. The highest BCUT2D eigenvalue weighted by atomic mass is 35.5. The molecule has 1 atom stereocenters. The van der Waals surface area contributed by atoms with Gasteiger partial charge in [0, 0.05) is 33.2 Å². The van der Waals surface area contributed by atoms with Crippen LogP contribution in [0.4, 0.5) is 5.69 Å². The second-order valence-corrected chi connectivity index (χ2v) is 6.57. The fourth-order valence-corrected chi connectivity index (χ4v) is 3.63. The molecule has 0 bridgehead atoms. The van der Waals surface area contributed by atoms with E-state index in [0.717, 1.165) is 5.56 Å². The first-order chi connectivity index (χ1) is 11.5. The van der Waals surface area contributed by atoms with Crippen LogP contribution < -0.4 is 0 Å². The number of fused-ring (bicyclic) bond motifs is 2. The molecule has 120 valence electrons. The zero-order chi connectivity index (χ0) is 16.8. The zero-order valence-electron chi connectivity index (χ0n) is 12.0. The summed E-state index contributed by atoms with van der Waals surface area (Å²) >= 11 is 7.29. The number of aromatic nitrogens is 3. The van der Waals surface area contributed by atoms with Crippen molar-refractivity contribution in [3.63, 3.8) is 0 Å². The minimum absolute atomic E-state index is 0.0768. The molecule has 1 aromatic heterocycles. The van der Waals surface area contributed by atoms with E-state index in [0.29, 0.717) is 26.5 Å². The summed E-state index contributed by atoms with van der Waals surface area (Å²) in [5.41, 5.74) is 1.09. The number of nitro benzene ring substituents is 1. The third-order valence-corrected chi connectivity index (χ3v) is 4.89. The molecule has 0 spiro atoms. The summed E-state index contributed by atoms with van der Waals surface area (Å²) in [7, 11) is 0. The van der Waals surface area contributed by atoms with Crippen molar-refractivity contribution >= 4 is 29.1 Å². The Morgan fingerprint density at radius 3 is 2.88 bits per heavy atom. The van der Waals surface area contributed by atoms with Gasteiger partial charge in [-0.25, -0.2) is 9.67 Å². The van der Waals surface area contributed by atoms with Crippen molar-refractivity contribution in [3.05, 3.63) is 63.2 Å². The second-order valence-electron chi connectivity index (χ2n) is 5.13. The van der Waals surface area contributed by atoms with E-state index >= 15 is 0 Å². The highest BCUT2D eigenvalue weighted by molar-refractivity contribution is 7.99. The molecule has 0 radical (unpaired) electrons. The van der Waals surface area contributed by atoms with Crippen LogP contribution in [0, 0.1) is 10.1 Å². The number of hydrogen-bond donors (Lipinski definition) is 1. The van der Waals surface area contributed by atoms with E-state index in [1.807, 2.05) is 6.07 Å². The van der Waals surface area contributed by atoms with Gasteiger partial charge in [-0.15, -0.1) is 5.10 Å². The van der Waals surface area contributed by atoms with Gasteiger partial charge < -0.3 is 5.11 Å². The molecule has 0 saturated carbocycles. The van der Waals surface area contributed by atoms with E-state index in [2.05, 4.69) is 10.1 Å². The van der Waals surface area contributed by atoms with Crippen molar-refractivity contribution < 1.29 is 10.0 Å². The van der Waals surface area contributed by atoms with Gasteiger partial charge in [-0.2, -0.15) is 0 Å². The van der Waals surface area contributed by atoms with Crippen LogP contribution in [0.15, 0.2) is 52.5 Å². The van der Waals surface area contributed by atoms with Crippen molar-refractivity contribution in [3.8, 4) is 11.4 Å². The number of hydrogen-bond acceptors (Lipinski definition) is 6. The quantitative estimate of drug-likeness (QED) is 0.555. The Bertz CT molecular complexity index is 975. The number of rotatable bonds is 2. The molecule has 2 heterocycles. The third-order valence-electron chi connectivity index (χ3n) is 3.60. The molecule has 0 saturated heterocycles. The van der Waals surface area contributed by atoms with Crippen molar-refractivity contribution in [2.24, 2.45) is 0 Å². The topological polar surface area (TPSA) is 94.1 Å². The van der Waals surface area contributed by atoms with Gasteiger partial charge in [0.1, 0.15) is 0 Å². The average molecular weight is 361 g/mol. The first-order valence-electron chi connectivity index (χ1n) is 6.89. The zero-order valence-corrected chi connectivity index (χ0v) is 13.5. The fourth-order valence-electron chi connectivity index (χ4n) is 2.46. The van der Waals surface area contributed by atoms with Crippen LogP contribution >= 0.6 is 23.4 Å². The van der Waals surface area contributed by atoms with Gasteiger partial charge >= 0.3 is 0 Å². The second kappa shape index (κ2) is 5.59. The number of nitro groups is 1. The molecule has 9 heteroatoms. The molecule has 0 aliphatic carbocycles. The standard InChI is InChI=1S/C15H9ClN4O3S/c16-9-3-1-2-8(6-9)13-17-15-19(18-13)14(21)11-7-10(20(22)23)4-5-12(11)24-15/h1-7,14,21H/t14-/m1/s1. The van der Waals surface area contributed by atoms with Gasteiger partial charge in [0.2, 0.25) is 0 Å². The minimum Gasteiger partial charge on any atom is -0.368 e. The summed E-state index contributed by atoms with van der Waals surface area (Å²) in [5, 5.41) is 26.9. The van der Waals surface area contributed by atoms with Crippen LogP contribution in [-0.2, 0) is 0 Å². The molecule has 0 unspecified atom stereocenters. The van der Waals surface area contributed by atoms with Crippen LogP contribution in [0.5, 0.6) is 0 Å². The Balaban J connectivity index is 1.78.